The SMILES string of the molecule is [Cl][Hf]([Cl])([c]1cccc2c1Cc1ccccc1-2)([CH]1C=Cc2ccccc21)=[Si](c1ccccc1)c1ccccc1. The summed E-state index contributed by atoms with van der Waals surface area (Å²) in [5.41, 5.74) is 6.19. The molecule has 0 amide bonds. The Morgan fingerprint density at radius 2 is 1.21 bits per heavy atom. The molecular weight excluding hydrogens is 686 g/mol. The van der Waals surface area contributed by atoms with Crippen LogP contribution in [0.3, 0.4) is 0 Å². The van der Waals surface area contributed by atoms with E-state index in [9.17, 15) is 0 Å². The van der Waals surface area contributed by atoms with E-state index in [2.05, 4.69) is 140 Å². The van der Waals surface area contributed by atoms with Gasteiger partial charge in [-0.15, -0.1) is 0 Å². The molecule has 0 nitrogen and oxygen atoms in total. The number of fused-ring (bicyclic) bond motifs is 4. The zero-order valence-corrected chi connectivity index (χ0v) is 26.9. The zero-order chi connectivity index (χ0) is 25.8. The first kappa shape index (κ1) is 24.5. The molecule has 1 atom stereocenters. The molecule has 184 valence electrons. The minimum atomic E-state index is -5.27. The predicted octanol–water partition coefficient (Wildman–Crippen LogP) is 7.45. The quantitative estimate of drug-likeness (QED) is 0.167. The number of benzene rings is 5. The van der Waals surface area contributed by atoms with E-state index in [1.807, 2.05) is 0 Å². The molecule has 0 aliphatic heterocycles. The summed E-state index contributed by atoms with van der Waals surface area (Å²) in [5, 5.41) is 2.57. The van der Waals surface area contributed by atoms with Crippen LogP contribution in [0.15, 0.2) is 133 Å². The molecule has 1 unspecified atom stereocenters. The van der Waals surface area contributed by atoms with E-state index >= 15 is 0 Å². The van der Waals surface area contributed by atoms with Crippen LogP contribution in [0.2, 0.25) is 0 Å². The Labute approximate surface area is 232 Å². The maximum atomic E-state index is 8.59. The summed E-state index contributed by atoms with van der Waals surface area (Å²) in [7, 11) is 17.2. The fourth-order valence-electron chi connectivity index (χ4n) is 6.64. The molecule has 2 aliphatic rings. The molecular formula is C34H26Cl2HfSi. The van der Waals surface area contributed by atoms with Gasteiger partial charge in [0.15, 0.2) is 0 Å². The van der Waals surface area contributed by atoms with Crippen LogP contribution in [-0.2, 0) is 21.2 Å². The molecule has 0 saturated carbocycles. The number of allylic oxidation sites excluding steroid dienone is 1. The van der Waals surface area contributed by atoms with Gasteiger partial charge in [-0.1, -0.05) is 0 Å². The second-order valence-corrected chi connectivity index (χ2v) is 57.7. The van der Waals surface area contributed by atoms with Gasteiger partial charge >= 0.3 is 234 Å². The fourth-order valence-corrected chi connectivity index (χ4v) is 61.5. The van der Waals surface area contributed by atoms with Gasteiger partial charge in [-0.05, 0) is 0 Å². The normalized spacial score (nSPS) is 15.6. The first-order valence-electron chi connectivity index (χ1n) is 13.1. The maximum absolute atomic E-state index is 8.59. The van der Waals surface area contributed by atoms with Crippen LogP contribution in [0.25, 0.3) is 17.2 Å². The summed E-state index contributed by atoms with van der Waals surface area (Å²) in [6, 6.07) is 45.9. The average Bonchev–Trinajstić information content (AvgIpc) is 3.57. The van der Waals surface area contributed by atoms with Gasteiger partial charge in [-0.25, -0.2) is 0 Å². The van der Waals surface area contributed by atoms with Crippen molar-refractivity contribution in [3.8, 4) is 11.1 Å². The first-order chi connectivity index (χ1) is 18.6. The molecule has 0 saturated heterocycles. The van der Waals surface area contributed by atoms with Crippen molar-refractivity contribution < 1.29 is 14.8 Å². The molecule has 0 fully saturated rings. The van der Waals surface area contributed by atoms with E-state index in [4.69, 9.17) is 17.2 Å². The van der Waals surface area contributed by atoms with Crippen LogP contribution >= 0.6 is 17.2 Å². The minimum absolute atomic E-state index is 0.00366. The van der Waals surface area contributed by atoms with Gasteiger partial charge in [-0.2, -0.15) is 0 Å². The number of halogens is 2. The van der Waals surface area contributed by atoms with Crippen LogP contribution < -0.4 is 13.7 Å². The van der Waals surface area contributed by atoms with Crippen LogP contribution in [0.5, 0.6) is 0 Å². The summed E-state index contributed by atoms with van der Waals surface area (Å²) >= 11 is -5.27. The summed E-state index contributed by atoms with van der Waals surface area (Å²) in [6.07, 6.45) is 5.45. The van der Waals surface area contributed by atoms with E-state index in [0.29, 0.717) is 0 Å². The van der Waals surface area contributed by atoms with Crippen molar-refractivity contribution >= 4 is 42.4 Å². The molecule has 5 aromatic rings. The Balaban J connectivity index is 1.67. The topological polar surface area (TPSA) is 0 Å². The molecule has 2 aliphatic carbocycles. The summed E-state index contributed by atoms with van der Waals surface area (Å²) in [6.45, 7) is 0. The van der Waals surface area contributed by atoms with Crippen LogP contribution in [0.4, 0.5) is 0 Å². The molecule has 0 bridgehead atoms. The third-order valence-electron chi connectivity index (χ3n) is 8.27. The number of rotatable bonds is 4. The molecule has 0 radical (unpaired) electrons. The number of hydrogen-bond donors (Lipinski definition) is 0. The molecule has 38 heavy (non-hydrogen) atoms. The van der Waals surface area contributed by atoms with E-state index in [1.54, 1.807) is 0 Å². The van der Waals surface area contributed by atoms with E-state index < -0.39 is 20.3 Å². The standard InChI is InChI=1S/C13H9.C12H10Si.C9H7.2ClH.Hf/c1-3-7-12-10(5-1)9-11-6-2-4-8-13(11)12;1-3-7-11(8-4-1)13-12-9-5-2-6-10-12;1-2-5-9-7-3-6-8(9)4-1;;;/h1-5,7-8H,9H2;1-10H;1-7H;2*1H;/q;;;;;+2/p-2. The Hall–Kier alpha value is -2.49. The molecule has 7 rings (SSSR count). The van der Waals surface area contributed by atoms with Crippen molar-refractivity contribution in [2.45, 2.75) is 10.1 Å². The van der Waals surface area contributed by atoms with Crippen LogP contribution in [0.1, 0.15) is 25.9 Å². The van der Waals surface area contributed by atoms with Crippen molar-refractivity contribution in [3.05, 3.63) is 156 Å². The van der Waals surface area contributed by atoms with Crippen molar-refractivity contribution in [3.63, 3.8) is 0 Å². The van der Waals surface area contributed by atoms with E-state index in [0.717, 1.165) is 6.42 Å². The summed E-state index contributed by atoms with van der Waals surface area (Å²) < 4.78 is 1.24. The van der Waals surface area contributed by atoms with Crippen molar-refractivity contribution in [2.75, 3.05) is 0 Å². The van der Waals surface area contributed by atoms with Gasteiger partial charge in [0.05, 0.1) is 0 Å². The molecule has 0 N–H and O–H groups in total. The van der Waals surface area contributed by atoms with Crippen LogP contribution in [0, 0.1) is 0 Å². The van der Waals surface area contributed by atoms with Crippen molar-refractivity contribution in [1.82, 2.24) is 0 Å². The Morgan fingerprint density at radius 1 is 0.605 bits per heavy atom. The van der Waals surface area contributed by atoms with Crippen molar-refractivity contribution in [2.24, 2.45) is 0 Å². The van der Waals surface area contributed by atoms with Gasteiger partial charge in [0.2, 0.25) is 0 Å². The second kappa shape index (κ2) is 9.31. The molecule has 0 spiro atoms. The van der Waals surface area contributed by atoms with Gasteiger partial charge < -0.3 is 0 Å². The van der Waals surface area contributed by atoms with Crippen LogP contribution in [-0.4, -0.2) is 5.49 Å². The van der Waals surface area contributed by atoms with Gasteiger partial charge in [0, 0.05) is 0 Å². The first-order valence-corrected chi connectivity index (χ1v) is 32.8. The van der Waals surface area contributed by atoms with E-state index in [1.165, 1.54) is 47.1 Å². The number of hydrogen-bond acceptors (Lipinski definition) is 0. The Bertz CT molecular complexity index is 1760. The fraction of sp³-hybridized carbons (Fsp3) is 0.0588. The van der Waals surface area contributed by atoms with E-state index in [-0.39, 0.29) is 3.67 Å². The molecule has 5 aromatic carbocycles. The predicted molar refractivity (Wildman–Crippen MR) is 162 cm³/mol. The van der Waals surface area contributed by atoms with Gasteiger partial charge in [-0.3, -0.25) is 0 Å². The van der Waals surface area contributed by atoms with Gasteiger partial charge in [0.25, 0.3) is 0 Å². The monoisotopic (exact) mass is 712 g/mol. The molecule has 0 heterocycles. The Morgan fingerprint density at radius 3 is 1.95 bits per heavy atom. The third-order valence-corrected chi connectivity index (χ3v) is 59.3. The summed E-state index contributed by atoms with van der Waals surface area (Å²) in [5.74, 6) is 0. The van der Waals surface area contributed by atoms with Gasteiger partial charge in [0.1, 0.15) is 0 Å². The Kier molecular flexibility index (Phi) is 6.01. The average molecular weight is 712 g/mol. The second-order valence-electron chi connectivity index (χ2n) is 10.3. The summed E-state index contributed by atoms with van der Waals surface area (Å²) in [4.78, 5) is 0. The molecule has 0 aromatic heterocycles. The zero-order valence-electron chi connectivity index (χ0n) is 20.8. The third kappa shape index (κ3) is 3.65. The molecule has 4 heteroatoms. The van der Waals surface area contributed by atoms with Crippen molar-refractivity contribution in [1.29, 1.82) is 0 Å².